The normalized spacial score (nSPS) is 11.5. The lowest BCUT2D eigenvalue weighted by molar-refractivity contribution is 1.17. The number of hydrogen-bond acceptors (Lipinski definition) is 1. The second-order valence-corrected chi connectivity index (χ2v) is 16.1. The van der Waals surface area contributed by atoms with Gasteiger partial charge in [0.1, 0.15) is 0 Å². The van der Waals surface area contributed by atoms with Crippen LogP contribution in [0, 0.1) is 0 Å². The number of nitrogens with zero attached hydrogens (tertiary/aromatic N) is 2. The van der Waals surface area contributed by atoms with Crippen molar-refractivity contribution in [2.45, 2.75) is 0 Å². The van der Waals surface area contributed by atoms with E-state index in [4.69, 9.17) is 0 Å². The first-order valence-electron chi connectivity index (χ1n) is 21.3. The summed E-state index contributed by atoms with van der Waals surface area (Å²) in [5.74, 6) is 0. The summed E-state index contributed by atoms with van der Waals surface area (Å²) in [4.78, 5) is 2.38. The van der Waals surface area contributed by atoms with Gasteiger partial charge in [0.15, 0.2) is 0 Å². The van der Waals surface area contributed by atoms with Crippen molar-refractivity contribution in [2.24, 2.45) is 0 Å². The van der Waals surface area contributed by atoms with Crippen molar-refractivity contribution in [3.05, 3.63) is 243 Å². The number of para-hydroxylation sites is 2. The maximum absolute atomic E-state index is 2.38. The fourth-order valence-electron chi connectivity index (χ4n) is 9.55. The second-order valence-electron chi connectivity index (χ2n) is 16.1. The minimum Gasteiger partial charge on any atom is -0.310 e. The van der Waals surface area contributed by atoms with Crippen molar-refractivity contribution >= 4 is 71.2 Å². The van der Waals surface area contributed by atoms with Crippen LogP contribution < -0.4 is 4.90 Å². The predicted molar refractivity (Wildman–Crippen MR) is 264 cm³/mol. The molecular weight excluding hydrogens is 749 g/mol. The van der Waals surface area contributed by atoms with Crippen molar-refractivity contribution in [1.29, 1.82) is 0 Å². The number of benzene rings is 11. The molecule has 1 heterocycles. The lowest BCUT2D eigenvalue weighted by atomic mass is 9.94. The topological polar surface area (TPSA) is 8.17 Å². The molecule has 0 atom stereocenters. The van der Waals surface area contributed by atoms with E-state index in [1.54, 1.807) is 0 Å². The zero-order valence-corrected chi connectivity index (χ0v) is 34.0. The Bertz CT molecular complexity index is 3580. The van der Waals surface area contributed by atoms with E-state index in [1.807, 2.05) is 0 Å². The molecule has 0 N–H and O–H groups in total. The lowest BCUT2D eigenvalue weighted by Crippen LogP contribution is -2.10. The average Bonchev–Trinajstić information content (AvgIpc) is 3.68. The van der Waals surface area contributed by atoms with Crippen molar-refractivity contribution in [3.63, 3.8) is 0 Å². The van der Waals surface area contributed by atoms with Crippen LogP contribution in [0.25, 0.3) is 93.2 Å². The zero-order valence-electron chi connectivity index (χ0n) is 34.0. The van der Waals surface area contributed by atoms with E-state index in [9.17, 15) is 0 Å². The van der Waals surface area contributed by atoms with Gasteiger partial charge in [-0.25, -0.2) is 0 Å². The third-order valence-electron chi connectivity index (χ3n) is 12.6. The summed E-state index contributed by atoms with van der Waals surface area (Å²) in [6.45, 7) is 0. The summed E-state index contributed by atoms with van der Waals surface area (Å²) in [7, 11) is 0. The number of aromatic nitrogens is 1. The monoisotopic (exact) mass is 788 g/mol. The van der Waals surface area contributed by atoms with Crippen LogP contribution in [0.1, 0.15) is 0 Å². The molecule has 290 valence electrons. The molecule has 0 aliphatic carbocycles. The van der Waals surface area contributed by atoms with Crippen LogP contribution in [0.4, 0.5) is 17.1 Å². The smallest absolute Gasteiger partial charge is 0.0541 e. The lowest BCUT2D eigenvalue weighted by Gasteiger charge is -2.27. The molecule has 0 aliphatic rings. The zero-order chi connectivity index (χ0) is 41.0. The van der Waals surface area contributed by atoms with E-state index in [-0.39, 0.29) is 0 Å². The van der Waals surface area contributed by atoms with Gasteiger partial charge in [-0.1, -0.05) is 170 Å². The van der Waals surface area contributed by atoms with Gasteiger partial charge in [0.25, 0.3) is 0 Å². The summed E-state index contributed by atoms with van der Waals surface area (Å²) in [5.41, 5.74) is 14.0. The molecule has 2 nitrogen and oxygen atoms in total. The molecular formula is C60H40N2. The minimum atomic E-state index is 1.08. The summed E-state index contributed by atoms with van der Waals surface area (Å²) >= 11 is 0. The Balaban J connectivity index is 0.962. The summed E-state index contributed by atoms with van der Waals surface area (Å²) in [6, 6.07) is 88.5. The third-order valence-corrected chi connectivity index (χ3v) is 12.6. The molecule has 0 amide bonds. The van der Waals surface area contributed by atoms with Gasteiger partial charge >= 0.3 is 0 Å². The highest BCUT2D eigenvalue weighted by molar-refractivity contribution is 6.12. The highest BCUT2D eigenvalue weighted by Crippen LogP contribution is 2.41. The molecule has 11 aromatic carbocycles. The van der Waals surface area contributed by atoms with Gasteiger partial charge in [0.05, 0.1) is 11.0 Å². The van der Waals surface area contributed by atoms with Crippen molar-refractivity contribution < 1.29 is 0 Å². The SMILES string of the molecule is c1cc(-c2ccc(N(c3ccc(-n4c5ccccc5c5ccccc54)cc3)c3cccc(-c4cccc5c4ccc4ccccc45)c3)cc2)cc(-c2ccc3ccccc3c2)c1. The quantitative estimate of drug-likeness (QED) is 0.146. The molecule has 0 saturated heterocycles. The highest BCUT2D eigenvalue weighted by Gasteiger charge is 2.17. The number of fused-ring (bicyclic) bond motifs is 7. The van der Waals surface area contributed by atoms with Gasteiger partial charge in [0.2, 0.25) is 0 Å². The molecule has 0 aliphatic heterocycles. The Kier molecular flexibility index (Phi) is 8.53. The molecule has 12 rings (SSSR count). The van der Waals surface area contributed by atoms with Crippen molar-refractivity contribution in [2.75, 3.05) is 4.90 Å². The van der Waals surface area contributed by atoms with E-state index < -0.39 is 0 Å². The maximum atomic E-state index is 2.38. The summed E-state index contributed by atoms with van der Waals surface area (Å²) < 4.78 is 2.38. The fraction of sp³-hybridized carbons (Fsp3) is 0. The van der Waals surface area contributed by atoms with Crippen LogP contribution in [0.2, 0.25) is 0 Å². The summed E-state index contributed by atoms with van der Waals surface area (Å²) in [5, 5.41) is 10.1. The van der Waals surface area contributed by atoms with Crippen LogP contribution in [0.3, 0.4) is 0 Å². The standard InChI is InChI=1S/C60H40N2/c1-2-14-44-39-47(27-26-41(44)12-1)46-16-9-15-45(38-46)42-28-31-49(32-29-42)61(50-33-35-51(36-34-50)62-59-24-7-5-20-57(59)58-21-6-8-25-60(58)62)52-18-10-17-48(40-52)54-22-11-23-55-53-19-4-3-13-43(53)30-37-56(54)55/h1-40H. The molecule has 12 aromatic rings. The predicted octanol–water partition coefficient (Wildman–Crippen LogP) is 16.7. The molecule has 0 saturated carbocycles. The molecule has 0 unspecified atom stereocenters. The Hall–Kier alpha value is -8.20. The van der Waals surface area contributed by atoms with Crippen LogP contribution >= 0.6 is 0 Å². The molecule has 0 radical (unpaired) electrons. The largest absolute Gasteiger partial charge is 0.310 e. The van der Waals surface area contributed by atoms with E-state index in [0.717, 1.165) is 22.7 Å². The van der Waals surface area contributed by atoms with Gasteiger partial charge in [0, 0.05) is 33.5 Å². The minimum absolute atomic E-state index is 1.08. The van der Waals surface area contributed by atoms with Gasteiger partial charge < -0.3 is 9.47 Å². The molecule has 0 spiro atoms. The Morgan fingerprint density at radius 2 is 0.790 bits per heavy atom. The van der Waals surface area contributed by atoms with Crippen LogP contribution in [0.15, 0.2) is 243 Å². The Morgan fingerprint density at radius 3 is 1.55 bits per heavy atom. The van der Waals surface area contributed by atoms with E-state index in [0.29, 0.717) is 0 Å². The van der Waals surface area contributed by atoms with Crippen LogP contribution in [0.5, 0.6) is 0 Å². The van der Waals surface area contributed by atoms with Crippen LogP contribution in [-0.2, 0) is 0 Å². The molecule has 0 bridgehead atoms. The van der Waals surface area contributed by atoms with E-state index >= 15 is 0 Å². The number of anilines is 3. The highest BCUT2D eigenvalue weighted by atomic mass is 15.1. The second kappa shape index (κ2) is 14.8. The van der Waals surface area contributed by atoms with Crippen LogP contribution in [-0.4, -0.2) is 4.57 Å². The fourth-order valence-corrected chi connectivity index (χ4v) is 9.55. The number of hydrogen-bond donors (Lipinski definition) is 0. The number of rotatable bonds is 7. The Labute approximate surface area is 360 Å². The molecule has 0 fully saturated rings. The maximum Gasteiger partial charge on any atom is 0.0541 e. The summed E-state index contributed by atoms with van der Waals surface area (Å²) in [6.07, 6.45) is 0. The van der Waals surface area contributed by atoms with Crippen molar-refractivity contribution in [3.8, 4) is 39.1 Å². The van der Waals surface area contributed by atoms with E-state index in [2.05, 4.69) is 252 Å². The molecule has 1 aromatic heterocycles. The Morgan fingerprint density at radius 1 is 0.258 bits per heavy atom. The average molecular weight is 789 g/mol. The van der Waals surface area contributed by atoms with E-state index in [1.165, 1.54) is 87.5 Å². The van der Waals surface area contributed by atoms with Gasteiger partial charge in [-0.15, -0.1) is 0 Å². The first-order chi connectivity index (χ1) is 30.7. The first kappa shape index (κ1) is 35.7. The van der Waals surface area contributed by atoms with Gasteiger partial charge in [-0.3, -0.25) is 0 Å². The molecule has 62 heavy (non-hydrogen) atoms. The van der Waals surface area contributed by atoms with Crippen molar-refractivity contribution in [1.82, 2.24) is 4.57 Å². The third kappa shape index (κ3) is 6.12. The van der Waals surface area contributed by atoms with Gasteiger partial charge in [-0.2, -0.15) is 0 Å². The van der Waals surface area contributed by atoms with Gasteiger partial charge in [-0.05, 0) is 138 Å². The first-order valence-corrected chi connectivity index (χ1v) is 21.3. The molecule has 2 heteroatoms.